The summed E-state index contributed by atoms with van der Waals surface area (Å²) < 4.78 is 17.5. The molecular formula is C69H120O5. The lowest BCUT2D eigenvalue weighted by Gasteiger charge is -2.18. The Morgan fingerprint density at radius 1 is 0.311 bits per heavy atom. The van der Waals surface area contributed by atoms with Gasteiger partial charge < -0.3 is 14.2 Å². The highest BCUT2D eigenvalue weighted by atomic mass is 16.6. The van der Waals surface area contributed by atoms with Gasteiger partial charge >= 0.3 is 11.9 Å². The fourth-order valence-corrected chi connectivity index (χ4v) is 8.86. The first kappa shape index (κ1) is 70.8. The Balaban J connectivity index is 4.35. The van der Waals surface area contributed by atoms with E-state index in [4.69, 9.17) is 14.2 Å². The van der Waals surface area contributed by atoms with Gasteiger partial charge in [-0.25, -0.2) is 0 Å². The van der Waals surface area contributed by atoms with E-state index in [1.54, 1.807) is 0 Å². The maximum atomic E-state index is 12.9. The number of carbonyl (C=O) groups excluding carboxylic acids is 2. The van der Waals surface area contributed by atoms with Crippen molar-refractivity contribution >= 4 is 11.9 Å². The first-order chi connectivity index (χ1) is 36.6. The monoisotopic (exact) mass is 1030 g/mol. The standard InChI is InChI=1S/C69H120O5/c1-4-7-10-13-16-19-22-25-28-31-34-37-40-43-46-49-52-55-58-61-64-72-65-67(74-69(71)63-60-57-54-51-48-45-42-39-36-33-30-27-24-21-18-15-12-9-6-3)66-73-68(70)62-59-56-53-50-47-44-41-38-35-32-29-26-23-20-17-14-11-8-5-2/h8,11,17-18,20-21,25-30,35,38,44,47,67H,4-7,9-10,12-16,19,22-24,31-34,36-37,39-43,45-46,48-66H2,1-3H3/b11-8-,20-17-,21-18-,28-25-,29-26-,30-27-,38-35-,47-44-. The molecule has 0 radical (unpaired) electrons. The summed E-state index contributed by atoms with van der Waals surface area (Å²) >= 11 is 0. The predicted molar refractivity (Wildman–Crippen MR) is 325 cm³/mol. The summed E-state index contributed by atoms with van der Waals surface area (Å²) in [5.41, 5.74) is 0. The molecule has 0 rings (SSSR count). The zero-order chi connectivity index (χ0) is 53.4. The van der Waals surface area contributed by atoms with Crippen LogP contribution >= 0.6 is 0 Å². The Hall–Kier alpha value is -3.18. The summed E-state index contributed by atoms with van der Waals surface area (Å²) in [6.45, 7) is 7.68. The number of ether oxygens (including phenoxy) is 3. The molecule has 0 aliphatic heterocycles. The van der Waals surface area contributed by atoms with Gasteiger partial charge in [-0.15, -0.1) is 0 Å². The van der Waals surface area contributed by atoms with Crippen LogP contribution in [0, 0.1) is 0 Å². The van der Waals surface area contributed by atoms with Crippen LogP contribution in [0.15, 0.2) is 97.2 Å². The number of allylic oxidation sites excluding steroid dienone is 16. The Labute approximate surface area is 460 Å². The van der Waals surface area contributed by atoms with Crippen LogP contribution in [0.2, 0.25) is 0 Å². The van der Waals surface area contributed by atoms with Gasteiger partial charge in [-0.3, -0.25) is 9.59 Å². The molecule has 0 aromatic rings. The number of esters is 2. The number of hydrogen-bond acceptors (Lipinski definition) is 5. The van der Waals surface area contributed by atoms with Gasteiger partial charge in [0.2, 0.25) is 0 Å². The van der Waals surface area contributed by atoms with Crippen LogP contribution in [-0.4, -0.2) is 37.9 Å². The van der Waals surface area contributed by atoms with Crippen LogP contribution in [0.25, 0.3) is 0 Å². The van der Waals surface area contributed by atoms with Crippen molar-refractivity contribution < 1.29 is 23.8 Å². The average Bonchev–Trinajstić information content (AvgIpc) is 3.40. The number of rotatable bonds is 58. The normalized spacial score (nSPS) is 12.9. The Morgan fingerprint density at radius 2 is 0.608 bits per heavy atom. The van der Waals surface area contributed by atoms with Crippen molar-refractivity contribution in [1.82, 2.24) is 0 Å². The Kier molecular flexibility index (Phi) is 61.4. The fraction of sp³-hybridized carbons (Fsp3) is 0.739. The van der Waals surface area contributed by atoms with E-state index in [-0.39, 0.29) is 25.2 Å². The Bertz CT molecular complexity index is 1400. The van der Waals surface area contributed by atoms with Crippen LogP contribution in [0.1, 0.15) is 303 Å². The topological polar surface area (TPSA) is 61.8 Å². The summed E-state index contributed by atoms with van der Waals surface area (Å²) in [6.07, 6.45) is 87.3. The maximum absolute atomic E-state index is 12.9. The molecule has 0 bridgehead atoms. The summed E-state index contributed by atoms with van der Waals surface area (Å²) in [5, 5.41) is 0. The van der Waals surface area contributed by atoms with Gasteiger partial charge in [0, 0.05) is 19.4 Å². The second-order valence-electron chi connectivity index (χ2n) is 20.9. The van der Waals surface area contributed by atoms with Crippen molar-refractivity contribution in [1.29, 1.82) is 0 Å². The third-order valence-corrected chi connectivity index (χ3v) is 13.6. The van der Waals surface area contributed by atoms with Gasteiger partial charge in [0.1, 0.15) is 6.61 Å². The van der Waals surface area contributed by atoms with Crippen molar-refractivity contribution in [3.05, 3.63) is 97.2 Å². The van der Waals surface area contributed by atoms with Gasteiger partial charge in [0.25, 0.3) is 0 Å². The molecule has 0 aliphatic carbocycles. The molecule has 0 aromatic carbocycles. The van der Waals surface area contributed by atoms with E-state index in [1.165, 1.54) is 173 Å². The zero-order valence-corrected chi connectivity index (χ0v) is 49.1. The van der Waals surface area contributed by atoms with E-state index in [9.17, 15) is 9.59 Å². The second-order valence-corrected chi connectivity index (χ2v) is 20.9. The second kappa shape index (κ2) is 64.1. The Morgan fingerprint density at radius 3 is 1.03 bits per heavy atom. The molecule has 0 spiro atoms. The highest BCUT2D eigenvalue weighted by Crippen LogP contribution is 2.15. The summed E-state index contributed by atoms with van der Waals surface area (Å²) in [7, 11) is 0. The zero-order valence-electron chi connectivity index (χ0n) is 49.1. The van der Waals surface area contributed by atoms with Crippen molar-refractivity contribution in [2.75, 3.05) is 19.8 Å². The van der Waals surface area contributed by atoms with E-state index >= 15 is 0 Å². The summed E-state index contributed by atoms with van der Waals surface area (Å²) in [6, 6.07) is 0. The molecule has 0 aromatic heterocycles. The van der Waals surface area contributed by atoms with E-state index < -0.39 is 6.10 Å². The molecule has 74 heavy (non-hydrogen) atoms. The minimum atomic E-state index is -0.560. The van der Waals surface area contributed by atoms with Crippen molar-refractivity contribution in [2.24, 2.45) is 0 Å². The summed E-state index contributed by atoms with van der Waals surface area (Å²) in [5.74, 6) is -0.433. The molecular weight excluding hydrogens is 909 g/mol. The molecule has 0 aliphatic rings. The van der Waals surface area contributed by atoms with Crippen molar-refractivity contribution in [2.45, 2.75) is 309 Å². The molecule has 5 nitrogen and oxygen atoms in total. The van der Waals surface area contributed by atoms with E-state index in [2.05, 4.69) is 118 Å². The minimum absolute atomic E-state index is 0.0629. The minimum Gasteiger partial charge on any atom is -0.462 e. The lowest BCUT2D eigenvalue weighted by atomic mass is 10.1. The molecule has 0 heterocycles. The van der Waals surface area contributed by atoms with Gasteiger partial charge in [-0.05, 0) is 122 Å². The first-order valence-electron chi connectivity index (χ1n) is 31.8. The van der Waals surface area contributed by atoms with Gasteiger partial charge in [-0.2, -0.15) is 0 Å². The molecule has 5 heteroatoms. The van der Waals surface area contributed by atoms with Gasteiger partial charge in [0.15, 0.2) is 6.10 Å². The van der Waals surface area contributed by atoms with Crippen LogP contribution in [0.5, 0.6) is 0 Å². The summed E-state index contributed by atoms with van der Waals surface area (Å²) in [4.78, 5) is 25.6. The molecule has 0 saturated carbocycles. The number of hydrogen-bond donors (Lipinski definition) is 0. The van der Waals surface area contributed by atoms with E-state index in [0.717, 1.165) is 96.3 Å². The number of unbranched alkanes of at least 4 members (excludes halogenated alkanes) is 31. The van der Waals surface area contributed by atoms with Crippen LogP contribution in [0.4, 0.5) is 0 Å². The van der Waals surface area contributed by atoms with Crippen LogP contribution in [0.3, 0.4) is 0 Å². The molecule has 0 saturated heterocycles. The molecule has 1 unspecified atom stereocenters. The third kappa shape index (κ3) is 61.4. The molecule has 0 N–H and O–H groups in total. The van der Waals surface area contributed by atoms with Gasteiger partial charge in [-0.1, -0.05) is 266 Å². The first-order valence-corrected chi connectivity index (χ1v) is 31.8. The van der Waals surface area contributed by atoms with E-state index in [0.29, 0.717) is 19.4 Å². The molecule has 1 atom stereocenters. The van der Waals surface area contributed by atoms with Crippen LogP contribution in [-0.2, 0) is 23.8 Å². The van der Waals surface area contributed by atoms with Crippen LogP contribution < -0.4 is 0 Å². The average molecular weight is 1030 g/mol. The van der Waals surface area contributed by atoms with E-state index in [1.807, 2.05) is 0 Å². The smallest absolute Gasteiger partial charge is 0.306 e. The fourth-order valence-electron chi connectivity index (χ4n) is 8.86. The quantitative estimate of drug-likeness (QED) is 0.0345. The number of carbonyl (C=O) groups is 2. The highest BCUT2D eigenvalue weighted by molar-refractivity contribution is 5.70. The van der Waals surface area contributed by atoms with Gasteiger partial charge in [0.05, 0.1) is 6.61 Å². The maximum Gasteiger partial charge on any atom is 0.306 e. The SMILES string of the molecule is CC/C=C\C/C=C\C/C=C\C/C=C\C/C=C\CCCCCC(=O)OCC(COCCCCCCCCCCCC/C=C\CCCCCCCC)OC(=O)CCCCCCCCCCC/C=C\C/C=C\CCCCC. The van der Waals surface area contributed by atoms with Crippen molar-refractivity contribution in [3.63, 3.8) is 0 Å². The molecule has 0 amide bonds. The molecule has 0 fully saturated rings. The predicted octanol–water partition coefficient (Wildman–Crippen LogP) is 22.1. The lowest BCUT2D eigenvalue weighted by molar-refractivity contribution is -0.163. The molecule has 426 valence electrons. The highest BCUT2D eigenvalue weighted by Gasteiger charge is 2.17. The third-order valence-electron chi connectivity index (χ3n) is 13.6. The van der Waals surface area contributed by atoms with Crippen molar-refractivity contribution in [3.8, 4) is 0 Å². The largest absolute Gasteiger partial charge is 0.462 e. The lowest BCUT2D eigenvalue weighted by Crippen LogP contribution is -2.30.